The standard InChI is InChI=1S/C18H16ClN3O2/c1-3-16-21-17(22-24-16)12-4-6-13(7-5-12)18(23)20-15-9-8-14(19)10-11(15)2/h4-10H,3H2,1-2H3,(H,20,23). The second-order valence-corrected chi connectivity index (χ2v) is 5.79. The highest BCUT2D eigenvalue weighted by atomic mass is 35.5. The monoisotopic (exact) mass is 341 g/mol. The number of nitrogens with zero attached hydrogens (tertiary/aromatic N) is 2. The quantitative estimate of drug-likeness (QED) is 0.757. The molecule has 0 saturated carbocycles. The predicted octanol–water partition coefficient (Wildman–Crippen LogP) is 4.51. The first-order chi connectivity index (χ1) is 11.6. The molecule has 0 unspecified atom stereocenters. The first kappa shape index (κ1) is 16.2. The van der Waals surface area contributed by atoms with Crippen LogP contribution in [0.3, 0.4) is 0 Å². The highest BCUT2D eigenvalue weighted by Gasteiger charge is 2.11. The number of nitrogens with one attached hydrogen (secondary N) is 1. The van der Waals surface area contributed by atoms with Gasteiger partial charge in [0, 0.05) is 28.3 Å². The van der Waals surface area contributed by atoms with E-state index in [-0.39, 0.29) is 5.91 Å². The summed E-state index contributed by atoms with van der Waals surface area (Å²) in [5.74, 6) is 0.923. The van der Waals surface area contributed by atoms with Gasteiger partial charge in [0.25, 0.3) is 5.91 Å². The summed E-state index contributed by atoms with van der Waals surface area (Å²) < 4.78 is 5.10. The van der Waals surface area contributed by atoms with Gasteiger partial charge in [-0.05, 0) is 42.8 Å². The number of carbonyl (C=O) groups excluding carboxylic acids is 1. The summed E-state index contributed by atoms with van der Waals surface area (Å²) in [6, 6.07) is 12.4. The largest absolute Gasteiger partial charge is 0.339 e. The first-order valence-corrected chi connectivity index (χ1v) is 7.95. The third-order valence-corrected chi connectivity index (χ3v) is 3.85. The van der Waals surface area contributed by atoms with Crippen LogP contribution in [0.25, 0.3) is 11.4 Å². The van der Waals surface area contributed by atoms with Crippen molar-refractivity contribution in [3.63, 3.8) is 0 Å². The third-order valence-electron chi connectivity index (χ3n) is 3.61. The molecule has 1 aromatic heterocycles. The van der Waals surface area contributed by atoms with E-state index in [0.29, 0.717) is 28.7 Å². The predicted molar refractivity (Wildman–Crippen MR) is 93.3 cm³/mol. The Morgan fingerprint density at radius 2 is 1.96 bits per heavy atom. The van der Waals surface area contributed by atoms with Crippen LogP contribution in [-0.4, -0.2) is 16.0 Å². The third kappa shape index (κ3) is 3.46. The van der Waals surface area contributed by atoms with Crippen molar-refractivity contribution < 1.29 is 9.32 Å². The maximum Gasteiger partial charge on any atom is 0.255 e. The lowest BCUT2D eigenvalue weighted by molar-refractivity contribution is 0.102. The molecule has 0 aliphatic carbocycles. The zero-order valence-corrected chi connectivity index (χ0v) is 14.1. The molecule has 24 heavy (non-hydrogen) atoms. The van der Waals surface area contributed by atoms with Crippen molar-refractivity contribution >= 4 is 23.2 Å². The Labute approximate surface area is 144 Å². The van der Waals surface area contributed by atoms with Crippen LogP contribution >= 0.6 is 11.6 Å². The zero-order valence-electron chi connectivity index (χ0n) is 13.3. The molecule has 1 heterocycles. The molecule has 3 aromatic rings. The second-order valence-electron chi connectivity index (χ2n) is 5.36. The van der Waals surface area contributed by atoms with E-state index in [0.717, 1.165) is 16.8 Å². The summed E-state index contributed by atoms with van der Waals surface area (Å²) in [5, 5.41) is 7.44. The van der Waals surface area contributed by atoms with Crippen LogP contribution < -0.4 is 5.32 Å². The Hall–Kier alpha value is -2.66. The number of rotatable bonds is 4. The van der Waals surface area contributed by atoms with Crippen LogP contribution in [0.4, 0.5) is 5.69 Å². The number of hydrogen-bond acceptors (Lipinski definition) is 4. The molecule has 0 fully saturated rings. The van der Waals surface area contributed by atoms with Crippen molar-refractivity contribution in [3.05, 3.63) is 64.5 Å². The molecule has 6 heteroatoms. The molecule has 0 radical (unpaired) electrons. The number of carbonyl (C=O) groups is 1. The van der Waals surface area contributed by atoms with E-state index in [1.165, 1.54) is 0 Å². The molecule has 0 saturated heterocycles. The van der Waals surface area contributed by atoms with Gasteiger partial charge >= 0.3 is 0 Å². The first-order valence-electron chi connectivity index (χ1n) is 7.57. The summed E-state index contributed by atoms with van der Waals surface area (Å²) in [6.07, 6.45) is 0.688. The van der Waals surface area contributed by atoms with Crippen LogP contribution in [-0.2, 0) is 6.42 Å². The second kappa shape index (κ2) is 6.84. The number of amides is 1. The fraction of sp³-hybridized carbons (Fsp3) is 0.167. The number of aromatic nitrogens is 2. The maximum absolute atomic E-state index is 12.4. The minimum atomic E-state index is -0.186. The van der Waals surface area contributed by atoms with E-state index in [1.54, 1.807) is 36.4 Å². The van der Waals surface area contributed by atoms with Gasteiger partial charge in [0.2, 0.25) is 11.7 Å². The minimum absolute atomic E-state index is 0.186. The molecule has 3 rings (SSSR count). The fourth-order valence-electron chi connectivity index (χ4n) is 2.25. The Kier molecular flexibility index (Phi) is 4.62. The number of benzene rings is 2. The summed E-state index contributed by atoms with van der Waals surface area (Å²) >= 11 is 5.93. The topological polar surface area (TPSA) is 68.0 Å². The lowest BCUT2D eigenvalue weighted by Crippen LogP contribution is -2.12. The summed E-state index contributed by atoms with van der Waals surface area (Å²) in [4.78, 5) is 16.6. The summed E-state index contributed by atoms with van der Waals surface area (Å²) in [7, 11) is 0. The van der Waals surface area contributed by atoms with Crippen LogP contribution in [0.5, 0.6) is 0 Å². The van der Waals surface area contributed by atoms with Gasteiger partial charge in [0.1, 0.15) is 0 Å². The van der Waals surface area contributed by atoms with Crippen molar-refractivity contribution in [2.45, 2.75) is 20.3 Å². The fourth-order valence-corrected chi connectivity index (χ4v) is 2.47. The molecule has 0 aliphatic rings. The smallest absolute Gasteiger partial charge is 0.255 e. The average Bonchev–Trinajstić information content (AvgIpc) is 3.06. The number of aryl methyl sites for hydroxylation is 2. The van der Waals surface area contributed by atoms with E-state index in [4.69, 9.17) is 16.1 Å². The van der Waals surface area contributed by atoms with Crippen LogP contribution in [0.2, 0.25) is 5.02 Å². The Balaban J connectivity index is 1.76. The van der Waals surface area contributed by atoms with Gasteiger partial charge in [-0.3, -0.25) is 4.79 Å². The summed E-state index contributed by atoms with van der Waals surface area (Å²) in [6.45, 7) is 3.84. The van der Waals surface area contributed by atoms with Crippen molar-refractivity contribution in [2.75, 3.05) is 5.32 Å². The van der Waals surface area contributed by atoms with Gasteiger partial charge in [-0.1, -0.05) is 35.8 Å². The molecule has 2 aromatic carbocycles. The van der Waals surface area contributed by atoms with Crippen LogP contribution in [0.15, 0.2) is 47.0 Å². The van der Waals surface area contributed by atoms with Crippen LogP contribution in [0, 0.1) is 6.92 Å². The Bertz CT molecular complexity index is 872. The van der Waals surface area contributed by atoms with Gasteiger partial charge in [-0.25, -0.2) is 0 Å². The lowest BCUT2D eigenvalue weighted by atomic mass is 10.1. The number of halogens is 1. The normalized spacial score (nSPS) is 10.6. The molecule has 1 N–H and O–H groups in total. The van der Waals surface area contributed by atoms with Crippen LogP contribution in [0.1, 0.15) is 28.7 Å². The maximum atomic E-state index is 12.4. The minimum Gasteiger partial charge on any atom is -0.339 e. The molecule has 0 atom stereocenters. The molecule has 0 bridgehead atoms. The molecule has 5 nitrogen and oxygen atoms in total. The molecular weight excluding hydrogens is 326 g/mol. The highest BCUT2D eigenvalue weighted by Crippen LogP contribution is 2.21. The van der Waals surface area contributed by atoms with Crippen molar-refractivity contribution in [1.82, 2.24) is 10.1 Å². The van der Waals surface area contributed by atoms with Crippen molar-refractivity contribution in [3.8, 4) is 11.4 Å². The molecule has 1 amide bonds. The van der Waals surface area contributed by atoms with Gasteiger partial charge in [0.15, 0.2) is 0 Å². The van der Waals surface area contributed by atoms with E-state index < -0.39 is 0 Å². The average molecular weight is 342 g/mol. The molecule has 0 aliphatic heterocycles. The van der Waals surface area contributed by atoms with Crippen molar-refractivity contribution in [2.24, 2.45) is 0 Å². The Morgan fingerprint density at radius 1 is 1.21 bits per heavy atom. The molecular formula is C18H16ClN3O2. The van der Waals surface area contributed by atoms with E-state index >= 15 is 0 Å². The van der Waals surface area contributed by atoms with E-state index in [2.05, 4.69) is 15.5 Å². The molecule has 0 spiro atoms. The highest BCUT2D eigenvalue weighted by molar-refractivity contribution is 6.30. The van der Waals surface area contributed by atoms with Gasteiger partial charge < -0.3 is 9.84 Å². The number of hydrogen-bond donors (Lipinski definition) is 1. The van der Waals surface area contributed by atoms with Gasteiger partial charge in [-0.2, -0.15) is 4.98 Å². The Morgan fingerprint density at radius 3 is 2.58 bits per heavy atom. The zero-order chi connectivity index (χ0) is 17.1. The van der Waals surface area contributed by atoms with Gasteiger partial charge in [-0.15, -0.1) is 0 Å². The number of anilines is 1. The van der Waals surface area contributed by atoms with Crippen molar-refractivity contribution in [1.29, 1.82) is 0 Å². The molecule has 122 valence electrons. The summed E-state index contributed by atoms with van der Waals surface area (Å²) in [5.41, 5.74) is 3.00. The lowest BCUT2D eigenvalue weighted by Gasteiger charge is -2.09. The SMILES string of the molecule is CCc1nc(-c2ccc(C(=O)Nc3ccc(Cl)cc3C)cc2)no1. The van der Waals surface area contributed by atoms with Gasteiger partial charge in [0.05, 0.1) is 0 Å². The van der Waals surface area contributed by atoms with E-state index in [1.807, 2.05) is 19.9 Å². The van der Waals surface area contributed by atoms with E-state index in [9.17, 15) is 4.79 Å².